The molecule has 0 spiro atoms. The summed E-state index contributed by atoms with van der Waals surface area (Å²) in [5, 5.41) is 2.99. The molecule has 1 N–H and O–H groups in total. The molecule has 2 aromatic rings. The lowest BCUT2D eigenvalue weighted by Gasteiger charge is -2.17. The third-order valence-electron chi connectivity index (χ3n) is 4.47. The first-order valence-electron chi connectivity index (χ1n) is 9.91. The van der Waals surface area contributed by atoms with E-state index >= 15 is 0 Å². The van der Waals surface area contributed by atoms with E-state index < -0.39 is 6.10 Å². The lowest BCUT2D eigenvalue weighted by Crippen LogP contribution is -2.38. The molecule has 0 radical (unpaired) electrons. The predicted molar refractivity (Wildman–Crippen MR) is 109 cm³/mol. The molecule has 4 nitrogen and oxygen atoms in total. The molecule has 27 heavy (non-hydrogen) atoms. The van der Waals surface area contributed by atoms with Crippen molar-refractivity contribution in [3.05, 3.63) is 59.7 Å². The van der Waals surface area contributed by atoms with Gasteiger partial charge in [-0.2, -0.15) is 0 Å². The number of nitrogens with one attached hydrogen (secondary N) is 1. The molecule has 1 amide bonds. The van der Waals surface area contributed by atoms with Gasteiger partial charge in [0.25, 0.3) is 5.91 Å². The molecule has 0 aliphatic carbocycles. The molecule has 0 aliphatic heterocycles. The number of hydrogen-bond donors (Lipinski definition) is 1. The van der Waals surface area contributed by atoms with E-state index in [-0.39, 0.29) is 5.91 Å². The molecule has 0 saturated carbocycles. The maximum atomic E-state index is 12.4. The van der Waals surface area contributed by atoms with Crippen molar-refractivity contribution in [2.24, 2.45) is 0 Å². The topological polar surface area (TPSA) is 47.6 Å². The average molecular weight is 370 g/mol. The smallest absolute Gasteiger partial charge is 0.261 e. The van der Waals surface area contributed by atoms with Crippen molar-refractivity contribution < 1.29 is 14.3 Å². The third kappa shape index (κ3) is 6.63. The van der Waals surface area contributed by atoms with Crippen molar-refractivity contribution in [1.82, 2.24) is 5.32 Å². The van der Waals surface area contributed by atoms with E-state index in [1.165, 1.54) is 11.1 Å². The first-order valence-corrected chi connectivity index (χ1v) is 9.91. The molecule has 1 atom stereocenters. The summed E-state index contributed by atoms with van der Waals surface area (Å²) in [6.45, 7) is 7.34. The van der Waals surface area contributed by atoms with Gasteiger partial charge in [-0.3, -0.25) is 4.79 Å². The SMILES string of the molecule is CCOc1ccccc1CCCNC(=O)[C@H](CC)Oc1ccc(CC)cc1. The molecular formula is C23H31NO3. The van der Waals surface area contributed by atoms with E-state index in [4.69, 9.17) is 9.47 Å². The molecule has 0 heterocycles. The Morgan fingerprint density at radius 3 is 2.44 bits per heavy atom. The molecule has 0 aliphatic rings. The van der Waals surface area contributed by atoms with Crippen LogP contribution in [0, 0.1) is 0 Å². The summed E-state index contributed by atoms with van der Waals surface area (Å²) < 4.78 is 11.5. The number of ether oxygens (including phenoxy) is 2. The number of amides is 1. The van der Waals surface area contributed by atoms with Gasteiger partial charge in [0.1, 0.15) is 11.5 Å². The van der Waals surface area contributed by atoms with Crippen LogP contribution in [0.2, 0.25) is 0 Å². The van der Waals surface area contributed by atoms with Crippen molar-refractivity contribution >= 4 is 5.91 Å². The van der Waals surface area contributed by atoms with Gasteiger partial charge in [0.15, 0.2) is 6.10 Å². The van der Waals surface area contributed by atoms with Crippen LogP contribution in [0.25, 0.3) is 0 Å². The summed E-state index contributed by atoms with van der Waals surface area (Å²) in [5.74, 6) is 1.60. The lowest BCUT2D eigenvalue weighted by atomic mass is 10.1. The summed E-state index contributed by atoms with van der Waals surface area (Å²) in [6.07, 6.45) is 2.89. The number of rotatable bonds is 11. The number of benzene rings is 2. The van der Waals surface area contributed by atoms with Crippen LogP contribution in [0.4, 0.5) is 0 Å². The summed E-state index contributed by atoms with van der Waals surface area (Å²) in [4.78, 5) is 12.4. The van der Waals surface area contributed by atoms with Gasteiger partial charge in [-0.1, -0.05) is 44.2 Å². The zero-order chi connectivity index (χ0) is 19.5. The maximum Gasteiger partial charge on any atom is 0.261 e. The van der Waals surface area contributed by atoms with Gasteiger partial charge in [0.2, 0.25) is 0 Å². The normalized spacial score (nSPS) is 11.7. The Labute approximate surface area is 162 Å². The van der Waals surface area contributed by atoms with Crippen molar-refractivity contribution in [3.8, 4) is 11.5 Å². The Bertz CT molecular complexity index is 697. The summed E-state index contributed by atoms with van der Waals surface area (Å²) >= 11 is 0. The van der Waals surface area contributed by atoms with Crippen LogP contribution in [0.1, 0.15) is 44.7 Å². The number of aryl methyl sites for hydroxylation is 2. The van der Waals surface area contributed by atoms with Gasteiger partial charge in [0, 0.05) is 6.54 Å². The Balaban J connectivity index is 1.79. The second kappa shape index (κ2) is 11.3. The predicted octanol–water partition coefficient (Wildman–Crippen LogP) is 4.55. The lowest BCUT2D eigenvalue weighted by molar-refractivity contribution is -0.128. The van der Waals surface area contributed by atoms with Crippen LogP contribution >= 0.6 is 0 Å². The zero-order valence-electron chi connectivity index (χ0n) is 16.7. The van der Waals surface area contributed by atoms with Crippen LogP contribution in [0.5, 0.6) is 11.5 Å². The van der Waals surface area contributed by atoms with Gasteiger partial charge in [-0.15, -0.1) is 0 Å². The van der Waals surface area contributed by atoms with E-state index in [9.17, 15) is 4.79 Å². The maximum absolute atomic E-state index is 12.4. The van der Waals surface area contributed by atoms with Crippen LogP contribution in [0.15, 0.2) is 48.5 Å². The van der Waals surface area contributed by atoms with Crippen molar-refractivity contribution in [2.75, 3.05) is 13.2 Å². The van der Waals surface area contributed by atoms with Crippen LogP contribution in [-0.2, 0) is 17.6 Å². The number of para-hydroxylation sites is 1. The fourth-order valence-electron chi connectivity index (χ4n) is 2.90. The second-order valence-electron chi connectivity index (χ2n) is 6.45. The third-order valence-corrected chi connectivity index (χ3v) is 4.47. The molecular weight excluding hydrogens is 338 g/mol. The molecule has 0 saturated heterocycles. The quantitative estimate of drug-likeness (QED) is 0.591. The highest BCUT2D eigenvalue weighted by molar-refractivity contribution is 5.81. The molecule has 146 valence electrons. The Morgan fingerprint density at radius 1 is 1.04 bits per heavy atom. The van der Waals surface area contributed by atoms with Gasteiger partial charge in [-0.05, 0) is 61.9 Å². The highest BCUT2D eigenvalue weighted by atomic mass is 16.5. The monoisotopic (exact) mass is 369 g/mol. The van der Waals surface area contributed by atoms with Gasteiger partial charge in [-0.25, -0.2) is 0 Å². The number of hydrogen-bond acceptors (Lipinski definition) is 3. The fraction of sp³-hybridized carbons (Fsp3) is 0.435. The van der Waals surface area contributed by atoms with E-state index in [1.54, 1.807) is 0 Å². The van der Waals surface area contributed by atoms with Crippen LogP contribution in [-0.4, -0.2) is 25.2 Å². The zero-order valence-corrected chi connectivity index (χ0v) is 16.7. The molecule has 0 fully saturated rings. The van der Waals surface area contributed by atoms with E-state index in [1.807, 2.05) is 56.3 Å². The van der Waals surface area contributed by atoms with E-state index in [0.29, 0.717) is 19.6 Å². The van der Waals surface area contributed by atoms with Crippen molar-refractivity contribution in [2.45, 2.75) is 52.6 Å². The van der Waals surface area contributed by atoms with E-state index in [2.05, 4.69) is 18.3 Å². The molecule has 4 heteroatoms. The van der Waals surface area contributed by atoms with Crippen molar-refractivity contribution in [3.63, 3.8) is 0 Å². The fourth-order valence-corrected chi connectivity index (χ4v) is 2.90. The summed E-state index contributed by atoms with van der Waals surface area (Å²) in [7, 11) is 0. The number of carbonyl (C=O) groups is 1. The summed E-state index contributed by atoms with van der Waals surface area (Å²) in [5.41, 5.74) is 2.43. The van der Waals surface area contributed by atoms with Crippen molar-refractivity contribution in [1.29, 1.82) is 0 Å². The Morgan fingerprint density at radius 2 is 1.78 bits per heavy atom. The van der Waals surface area contributed by atoms with Crippen LogP contribution < -0.4 is 14.8 Å². The number of carbonyl (C=O) groups excluding carboxylic acids is 1. The minimum atomic E-state index is -0.465. The highest BCUT2D eigenvalue weighted by Gasteiger charge is 2.17. The second-order valence-corrected chi connectivity index (χ2v) is 6.45. The average Bonchev–Trinajstić information content (AvgIpc) is 2.71. The molecule has 2 rings (SSSR count). The van der Waals surface area contributed by atoms with Gasteiger partial charge >= 0.3 is 0 Å². The van der Waals surface area contributed by atoms with Gasteiger partial charge < -0.3 is 14.8 Å². The molecule has 2 aromatic carbocycles. The van der Waals surface area contributed by atoms with Gasteiger partial charge in [0.05, 0.1) is 6.61 Å². The Hall–Kier alpha value is -2.49. The van der Waals surface area contributed by atoms with E-state index in [0.717, 1.165) is 30.8 Å². The van der Waals surface area contributed by atoms with Crippen LogP contribution in [0.3, 0.4) is 0 Å². The standard InChI is InChI=1S/C23H31NO3/c1-4-18-13-15-20(16-14-18)27-21(5-2)23(25)24-17-9-11-19-10-7-8-12-22(19)26-6-3/h7-8,10,12-16,21H,4-6,9,11,17H2,1-3H3,(H,24,25)/t21-/m0/s1. The largest absolute Gasteiger partial charge is 0.494 e. The highest BCUT2D eigenvalue weighted by Crippen LogP contribution is 2.19. The first kappa shape index (κ1) is 20.8. The molecule has 0 bridgehead atoms. The first-order chi connectivity index (χ1) is 13.2. The summed E-state index contributed by atoms with van der Waals surface area (Å²) in [6, 6.07) is 16.0. The minimum Gasteiger partial charge on any atom is -0.494 e. The molecule has 0 unspecified atom stereocenters. The Kier molecular flexibility index (Phi) is 8.69. The molecule has 0 aromatic heterocycles. The minimum absolute atomic E-state index is 0.0600.